The van der Waals surface area contributed by atoms with Gasteiger partial charge in [-0.2, -0.15) is 0 Å². The quantitative estimate of drug-likeness (QED) is 0.541. The van der Waals surface area contributed by atoms with E-state index in [-0.39, 0.29) is 18.0 Å². The standard InChI is InChI=1S/C20H31NO4/c1-6-24-17-13-8-7-12-16(17)18(22)21-14-10-9-11-15(2)25-19(23)20(3,4)5/h7-8,12-13,15H,6,9-11,14H2,1-5H3,(H,21,22). The summed E-state index contributed by atoms with van der Waals surface area (Å²) in [6.07, 6.45) is 2.39. The normalized spacial score (nSPS) is 12.4. The van der Waals surface area contributed by atoms with Crippen LogP contribution in [-0.2, 0) is 9.53 Å². The number of benzene rings is 1. The number of rotatable bonds is 9. The number of para-hydroxylation sites is 1. The predicted molar refractivity (Wildman–Crippen MR) is 98.8 cm³/mol. The molecule has 1 rings (SSSR count). The Morgan fingerprint density at radius 3 is 2.48 bits per heavy atom. The second kappa shape index (κ2) is 10.1. The maximum absolute atomic E-state index is 12.2. The zero-order chi connectivity index (χ0) is 18.9. The highest BCUT2D eigenvalue weighted by Gasteiger charge is 2.24. The van der Waals surface area contributed by atoms with Crippen LogP contribution in [-0.4, -0.2) is 31.1 Å². The van der Waals surface area contributed by atoms with Crippen LogP contribution >= 0.6 is 0 Å². The minimum atomic E-state index is -0.476. The van der Waals surface area contributed by atoms with Crippen molar-refractivity contribution in [3.05, 3.63) is 29.8 Å². The number of esters is 1. The highest BCUT2D eigenvalue weighted by Crippen LogP contribution is 2.19. The second-order valence-corrected chi connectivity index (χ2v) is 7.15. The Morgan fingerprint density at radius 2 is 1.84 bits per heavy atom. The first-order valence-electron chi connectivity index (χ1n) is 8.96. The molecule has 0 radical (unpaired) electrons. The first-order valence-corrected chi connectivity index (χ1v) is 8.96. The maximum Gasteiger partial charge on any atom is 0.311 e. The third kappa shape index (κ3) is 7.59. The van der Waals surface area contributed by atoms with Gasteiger partial charge in [0.15, 0.2) is 0 Å². The molecule has 0 aromatic heterocycles. The summed E-state index contributed by atoms with van der Waals surface area (Å²) in [5, 5.41) is 2.91. The van der Waals surface area contributed by atoms with Gasteiger partial charge in [-0.3, -0.25) is 9.59 Å². The molecule has 0 aliphatic rings. The molecule has 0 aliphatic heterocycles. The van der Waals surface area contributed by atoms with Crippen molar-refractivity contribution >= 4 is 11.9 Å². The number of nitrogens with one attached hydrogen (secondary N) is 1. The van der Waals surface area contributed by atoms with E-state index >= 15 is 0 Å². The monoisotopic (exact) mass is 349 g/mol. The molecule has 0 bridgehead atoms. The lowest BCUT2D eigenvalue weighted by molar-refractivity contribution is -0.158. The molecule has 25 heavy (non-hydrogen) atoms. The lowest BCUT2D eigenvalue weighted by Crippen LogP contribution is -2.27. The molecular formula is C20H31NO4. The smallest absolute Gasteiger partial charge is 0.311 e. The van der Waals surface area contributed by atoms with E-state index in [0.717, 1.165) is 19.3 Å². The number of ether oxygens (including phenoxy) is 2. The second-order valence-electron chi connectivity index (χ2n) is 7.15. The summed E-state index contributed by atoms with van der Waals surface area (Å²) in [5.74, 6) is 0.294. The number of amides is 1. The van der Waals surface area contributed by atoms with Crippen molar-refractivity contribution in [1.29, 1.82) is 0 Å². The van der Waals surface area contributed by atoms with E-state index in [2.05, 4.69) is 5.32 Å². The molecule has 0 saturated heterocycles. The minimum Gasteiger partial charge on any atom is -0.493 e. The summed E-state index contributed by atoms with van der Waals surface area (Å²) >= 11 is 0. The van der Waals surface area contributed by atoms with Gasteiger partial charge in [-0.25, -0.2) is 0 Å². The number of unbranched alkanes of at least 4 members (excludes halogenated alkanes) is 1. The van der Waals surface area contributed by atoms with E-state index in [9.17, 15) is 9.59 Å². The topological polar surface area (TPSA) is 64.6 Å². The van der Waals surface area contributed by atoms with Crippen molar-refractivity contribution in [3.63, 3.8) is 0 Å². The Balaban J connectivity index is 2.30. The molecule has 1 N–H and O–H groups in total. The van der Waals surface area contributed by atoms with Crippen LogP contribution in [0.5, 0.6) is 5.75 Å². The van der Waals surface area contributed by atoms with Crippen LogP contribution in [0.15, 0.2) is 24.3 Å². The third-order valence-electron chi connectivity index (χ3n) is 3.68. The average molecular weight is 349 g/mol. The van der Waals surface area contributed by atoms with Gasteiger partial charge in [-0.15, -0.1) is 0 Å². The molecule has 5 heteroatoms. The van der Waals surface area contributed by atoms with Crippen LogP contribution in [0.4, 0.5) is 0 Å². The van der Waals surface area contributed by atoms with Gasteiger partial charge in [-0.1, -0.05) is 12.1 Å². The molecule has 1 atom stereocenters. The largest absolute Gasteiger partial charge is 0.493 e. The zero-order valence-corrected chi connectivity index (χ0v) is 16.1. The Labute approximate surface area is 151 Å². The first-order chi connectivity index (χ1) is 11.8. The molecular weight excluding hydrogens is 318 g/mol. The summed E-state index contributed by atoms with van der Waals surface area (Å²) in [4.78, 5) is 24.0. The fourth-order valence-corrected chi connectivity index (χ4v) is 2.21. The molecule has 140 valence electrons. The molecule has 1 amide bonds. The van der Waals surface area contributed by atoms with Gasteiger partial charge in [-0.05, 0) is 66.0 Å². The van der Waals surface area contributed by atoms with Crippen molar-refractivity contribution in [2.75, 3.05) is 13.2 Å². The first kappa shape index (κ1) is 21.0. The third-order valence-corrected chi connectivity index (χ3v) is 3.68. The van der Waals surface area contributed by atoms with Crippen molar-refractivity contribution < 1.29 is 19.1 Å². The molecule has 0 fully saturated rings. The number of carbonyl (C=O) groups is 2. The summed E-state index contributed by atoms with van der Waals surface area (Å²) < 4.78 is 10.9. The van der Waals surface area contributed by atoms with Crippen molar-refractivity contribution in [2.45, 2.75) is 60.0 Å². The highest BCUT2D eigenvalue weighted by molar-refractivity contribution is 5.96. The Morgan fingerprint density at radius 1 is 1.16 bits per heavy atom. The maximum atomic E-state index is 12.2. The van der Waals surface area contributed by atoms with Crippen LogP contribution in [0.2, 0.25) is 0 Å². The fraction of sp³-hybridized carbons (Fsp3) is 0.600. The Hall–Kier alpha value is -2.04. The van der Waals surface area contributed by atoms with E-state index in [1.165, 1.54) is 0 Å². The summed E-state index contributed by atoms with van der Waals surface area (Å²) in [5.41, 5.74) is 0.0766. The molecule has 1 aromatic rings. The van der Waals surface area contributed by atoms with Crippen molar-refractivity contribution in [3.8, 4) is 5.75 Å². The van der Waals surface area contributed by atoms with E-state index in [1.54, 1.807) is 12.1 Å². The summed E-state index contributed by atoms with van der Waals surface area (Å²) in [7, 11) is 0. The zero-order valence-electron chi connectivity index (χ0n) is 16.1. The predicted octanol–water partition coefficient (Wildman–Crippen LogP) is 3.96. The van der Waals surface area contributed by atoms with Gasteiger partial charge in [0.25, 0.3) is 5.91 Å². The van der Waals surface area contributed by atoms with Crippen molar-refractivity contribution in [2.24, 2.45) is 5.41 Å². The van der Waals surface area contributed by atoms with Gasteiger partial charge in [0.2, 0.25) is 0 Å². The Kier molecular flexibility index (Phi) is 8.46. The minimum absolute atomic E-state index is 0.110. The average Bonchev–Trinajstić information content (AvgIpc) is 2.54. The van der Waals surface area contributed by atoms with E-state index < -0.39 is 5.41 Å². The highest BCUT2D eigenvalue weighted by atomic mass is 16.5. The number of hydrogen-bond acceptors (Lipinski definition) is 4. The SMILES string of the molecule is CCOc1ccccc1C(=O)NCCCCC(C)OC(=O)C(C)(C)C. The van der Waals surface area contributed by atoms with E-state index in [4.69, 9.17) is 9.47 Å². The van der Waals surface area contributed by atoms with E-state index in [1.807, 2.05) is 46.8 Å². The lowest BCUT2D eigenvalue weighted by Gasteiger charge is -2.20. The number of hydrogen-bond donors (Lipinski definition) is 1. The summed E-state index contributed by atoms with van der Waals surface area (Å²) in [6, 6.07) is 7.22. The lowest BCUT2D eigenvalue weighted by atomic mass is 9.97. The summed E-state index contributed by atoms with van der Waals surface area (Å²) in [6.45, 7) is 10.4. The Bertz CT molecular complexity index is 563. The molecule has 1 unspecified atom stereocenters. The van der Waals surface area contributed by atoms with E-state index in [0.29, 0.717) is 24.5 Å². The van der Waals surface area contributed by atoms with Gasteiger partial charge in [0.05, 0.1) is 23.7 Å². The van der Waals surface area contributed by atoms with Gasteiger partial charge >= 0.3 is 5.97 Å². The van der Waals surface area contributed by atoms with Gasteiger partial charge < -0.3 is 14.8 Å². The van der Waals surface area contributed by atoms with Gasteiger partial charge in [0.1, 0.15) is 5.75 Å². The van der Waals surface area contributed by atoms with Crippen LogP contribution in [0, 0.1) is 5.41 Å². The molecule has 0 aliphatic carbocycles. The fourth-order valence-electron chi connectivity index (χ4n) is 2.21. The van der Waals surface area contributed by atoms with Crippen molar-refractivity contribution in [1.82, 2.24) is 5.32 Å². The molecule has 0 heterocycles. The number of carbonyl (C=O) groups excluding carboxylic acids is 2. The molecule has 0 spiro atoms. The van der Waals surface area contributed by atoms with Crippen LogP contribution in [0.3, 0.4) is 0 Å². The molecule has 0 saturated carbocycles. The van der Waals surface area contributed by atoms with Gasteiger partial charge in [0, 0.05) is 6.54 Å². The van der Waals surface area contributed by atoms with Crippen LogP contribution in [0.1, 0.15) is 64.2 Å². The molecule has 1 aromatic carbocycles. The molecule has 5 nitrogen and oxygen atoms in total. The van der Waals surface area contributed by atoms with Crippen LogP contribution in [0.25, 0.3) is 0 Å². The van der Waals surface area contributed by atoms with Crippen LogP contribution < -0.4 is 10.1 Å².